The zero-order valence-electron chi connectivity index (χ0n) is 8.39. The molecule has 0 radical (unpaired) electrons. The van der Waals surface area contributed by atoms with Crippen LogP contribution in [-0.4, -0.2) is 6.61 Å². The molecule has 0 fully saturated rings. The van der Waals surface area contributed by atoms with Gasteiger partial charge in [0.1, 0.15) is 4.88 Å². The maximum absolute atomic E-state index is 12.3. The maximum Gasteiger partial charge on any atom is 0.425 e. The molecular weight excluding hydrogens is 227 g/mol. The molecule has 2 nitrogen and oxygen atoms in total. The molecule has 2 N–H and O–H groups in total. The van der Waals surface area contributed by atoms with Gasteiger partial charge in [-0.05, 0) is 12.1 Å². The van der Waals surface area contributed by atoms with Crippen molar-refractivity contribution in [3.05, 3.63) is 21.9 Å². The maximum atomic E-state index is 12.3. The van der Waals surface area contributed by atoms with E-state index in [0.717, 1.165) is 17.4 Å². The highest BCUT2D eigenvalue weighted by molar-refractivity contribution is 7.12. The minimum Gasteiger partial charge on any atom is -0.304 e. The van der Waals surface area contributed by atoms with Gasteiger partial charge in [0, 0.05) is 10.3 Å². The van der Waals surface area contributed by atoms with Gasteiger partial charge in [-0.25, -0.2) is 5.90 Å². The van der Waals surface area contributed by atoms with Crippen molar-refractivity contribution in [2.45, 2.75) is 25.4 Å². The molecule has 1 aromatic rings. The second-order valence-corrected chi connectivity index (χ2v) is 4.94. The van der Waals surface area contributed by atoms with Gasteiger partial charge in [-0.15, -0.1) is 11.3 Å². The predicted octanol–water partition coefficient (Wildman–Crippen LogP) is 2.93. The summed E-state index contributed by atoms with van der Waals surface area (Å²) in [5, 5.41) is 0. The first-order chi connectivity index (χ1) is 6.77. The fourth-order valence-corrected chi connectivity index (χ4v) is 2.09. The summed E-state index contributed by atoms with van der Waals surface area (Å²) in [4.78, 5) is 4.50. The lowest BCUT2D eigenvalue weighted by Gasteiger charge is -2.21. The standard InChI is InChI=1S/C9H12F3NOS/c1-8(2,5-14-13)6-3-4-7(15-6)9(10,11)12/h3-4H,5,13H2,1-2H3. The fraction of sp³-hybridized carbons (Fsp3) is 0.556. The Hall–Kier alpha value is -0.590. The zero-order chi connectivity index (χ0) is 11.7. The van der Waals surface area contributed by atoms with Crippen LogP contribution in [0.25, 0.3) is 0 Å². The normalized spacial score (nSPS) is 13.2. The highest BCUT2D eigenvalue weighted by Crippen LogP contribution is 2.38. The third-order valence-corrected chi connectivity index (χ3v) is 3.49. The van der Waals surface area contributed by atoms with Crippen LogP contribution >= 0.6 is 11.3 Å². The van der Waals surface area contributed by atoms with Crippen molar-refractivity contribution in [1.82, 2.24) is 0 Å². The highest BCUT2D eigenvalue weighted by atomic mass is 32.1. The van der Waals surface area contributed by atoms with Gasteiger partial charge in [0.15, 0.2) is 0 Å². The van der Waals surface area contributed by atoms with Gasteiger partial charge in [0.05, 0.1) is 6.61 Å². The quantitative estimate of drug-likeness (QED) is 0.823. The van der Waals surface area contributed by atoms with Gasteiger partial charge in [-0.1, -0.05) is 13.8 Å². The van der Waals surface area contributed by atoms with Crippen LogP contribution in [0, 0.1) is 0 Å². The van der Waals surface area contributed by atoms with Crippen molar-refractivity contribution in [3.8, 4) is 0 Å². The predicted molar refractivity (Wildman–Crippen MR) is 52.5 cm³/mol. The van der Waals surface area contributed by atoms with Crippen LogP contribution < -0.4 is 5.90 Å². The molecule has 15 heavy (non-hydrogen) atoms. The number of halogens is 3. The summed E-state index contributed by atoms with van der Waals surface area (Å²) in [6, 6.07) is 2.55. The van der Waals surface area contributed by atoms with Crippen molar-refractivity contribution in [3.63, 3.8) is 0 Å². The van der Waals surface area contributed by atoms with Gasteiger partial charge in [0.2, 0.25) is 0 Å². The lowest BCUT2D eigenvalue weighted by Crippen LogP contribution is -2.25. The van der Waals surface area contributed by atoms with Crippen LogP contribution in [0.1, 0.15) is 23.6 Å². The van der Waals surface area contributed by atoms with Gasteiger partial charge >= 0.3 is 6.18 Å². The average Bonchev–Trinajstić information content (AvgIpc) is 2.50. The van der Waals surface area contributed by atoms with Crippen molar-refractivity contribution < 1.29 is 18.0 Å². The Balaban J connectivity index is 2.94. The third kappa shape index (κ3) is 2.93. The number of alkyl halides is 3. The van der Waals surface area contributed by atoms with Crippen LogP contribution in [0.15, 0.2) is 12.1 Å². The topological polar surface area (TPSA) is 35.2 Å². The van der Waals surface area contributed by atoms with E-state index in [9.17, 15) is 13.2 Å². The minimum atomic E-state index is -4.28. The van der Waals surface area contributed by atoms with Crippen molar-refractivity contribution in [2.24, 2.45) is 5.90 Å². The molecule has 0 aliphatic rings. The molecular formula is C9H12F3NOS. The summed E-state index contributed by atoms with van der Waals surface area (Å²) in [7, 11) is 0. The molecule has 0 spiro atoms. The molecule has 1 heterocycles. The van der Waals surface area contributed by atoms with E-state index < -0.39 is 16.5 Å². The Morgan fingerprint density at radius 1 is 1.27 bits per heavy atom. The second kappa shape index (κ2) is 4.11. The van der Waals surface area contributed by atoms with E-state index in [1.165, 1.54) is 6.07 Å². The number of hydrogen-bond donors (Lipinski definition) is 1. The second-order valence-electron chi connectivity index (χ2n) is 3.86. The largest absolute Gasteiger partial charge is 0.425 e. The SMILES string of the molecule is CC(C)(CON)c1ccc(C(F)(F)F)s1. The molecule has 1 rings (SSSR count). The number of nitrogens with two attached hydrogens (primary N) is 1. The third-order valence-electron chi connectivity index (χ3n) is 2.00. The summed E-state index contributed by atoms with van der Waals surface area (Å²) in [6.07, 6.45) is -4.28. The molecule has 0 unspecified atom stereocenters. The molecule has 0 bridgehead atoms. The highest BCUT2D eigenvalue weighted by Gasteiger charge is 2.34. The van der Waals surface area contributed by atoms with E-state index in [-0.39, 0.29) is 6.61 Å². The van der Waals surface area contributed by atoms with Gasteiger partial charge in [0.25, 0.3) is 0 Å². The van der Waals surface area contributed by atoms with E-state index in [1.54, 1.807) is 13.8 Å². The first-order valence-electron chi connectivity index (χ1n) is 4.26. The Labute approximate surface area is 89.8 Å². The van der Waals surface area contributed by atoms with Crippen molar-refractivity contribution >= 4 is 11.3 Å². The molecule has 0 amide bonds. The molecule has 0 saturated carbocycles. The monoisotopic (exact) mass is 239 g/mol. The van der Waals surface area contributed by atoms with E-state index >= 15 is 0 Å². The molecule has 0 aliphatic carbocycles. The Morgan fingerprint density at radius 3 is 2.20 bits per heavy atom. The Kier molecular flexibility index (Phi) is 3.42. The lowest BCUT2D eigenvalue weighted by atomic mass is 9.93. The fourth-order valence-electron chi connectivity index (χ4n) is 1.13. The summed E-state index contributed by atoms with van der Waals surface area (Å²) < 4.78 is 37.0. The average molecular weight is 239 g/mol. The molecule has 0 aliphatic heterocycles. The van der Waals surface area contributed by atoms with Crippen molar-refractivity contribution in [1.29, 1.82) is 0 Å². The van der Waals surface area contributed by atoms with Gasteiger partial charge in [-0.2, -0.15) is 13.2 Å². The molecule has 0 aromatic carbocycles. The van der Waals surface area contributed by atoms with E-state index in [0.29, 0.717) is 4.88 Å². The van der Waals surface area contributed by atoms with Gasteiger partial charge < -0.3 is 4.84 Å². The van der Waals surface area contributed by atoms with Crippen LogP contribution in [0.2, 0.25) is 0 Å². The van der Waals surface area contributed by atoms with Gasteiger partial charge in [-0.3, -0.25) is 0 Å². The van der Waals surface area contributed by atoms with Crippen LogP contribution in [0.5, 0.6) is 0 Å². The van der Waals surface area contributed by atoms with Crippen LogP contribution in [0.3, 0.4) is 0 Å². The van der Waals surface area contributed by atoms with Crippen LogP contribution in [0.4, 0.5) is 13.2 Å². The molecule has 0 atom stereocenters. The molecule has 6 heteroatoms. The van der Waals surface area contributed by atoms with E-state index in [2.05, 4.69) is 4.84 Å². The minimum absolute atomic E-state index is 0.185. The smallest absolute Gasteiger partial charge is 0.304 e. The lowest BCUT2D eigenvalue weighted by molar-refractivity contribution is -0.134. The van der Waals surface area contributed by atoms with Crippen LogP contribution in [-0.2, 0) is 16.4 Å². The Morgan fingerprint density at radius 2 is 1.80 bits per heavy atom. The summed E-state index contributed by atoms with van der Waals surface area (Å²) in [5.41, 5.74) is -0.497. The first kappa shape index (κ1) is 12.5. The summed E-state index contributed by atoms with van der Waals surface area (Å²) >= 11 is 0.726. The molecule has 1 aromatic heterocycles. The van der Waals surface area contributed by atoms with E-state index in [4.69, 9.17) is 5.90 Å². The summed E-state index contributed by atoms with van der Waals surface area (Å²) in [5.74, 6) is 4.93. The zero-order valence-corrected chi connectivity index (χ0v) is 9.21. The number of rotatable bonds is 3. The summed E-state index contributed by atoms with van der Waals surface area (Å²) in [6.45, 7) is 3.75. The first-order valence-corrected chi connectivity index (χ1v) is 5.08. The number of thiophene rings is 1. The van der Waals surface area contributed by atoms with E-state index in [1.807, 2.05) is 0 Å². The molecule has 0 saturated heterocycles. The van der Waals surface area contributed by atoms with Crippen molar-refractivity contribution in [2.75, 3.05) is 6.61 Å². The molecule has 86 valence electrons. The Bertz CT molecular complexity index is 332. The number of hydrogen-bond acceptors (Lipinski definition) is 3.